The first-order valence-corrected chi connectivity index (χ1v) is 6.61. The van der Waals surface area contributed by atoms with Crippen LogP contribution in [0.4, 0.5) is 4.79 Å². The monoisotopic (exact) mass is 272 g/mol. The smallest absolute Gasteiger partial charge is 0.315 e. The molecule has 1 aliphatic heterocycles. The van der Waals surface area contributed by atoms with Crippen molar-refractivity contribution in [3.8, 4) is 0 Å². The van der Waals surface area contributed by atoms with E-state index in [2.05, 4.69) is 10.6 Å². The lowest BCUT2D eigenvalue weighted by Crippen LogP contribution is -2.46. The maximum atomic E-state index is 11.7. The van der Waals surface area contributed by atoms with Crippen molar-refractivity contribution >= 4 is 12.0 Å². The van der Waals surface area contributed by atoms with Crippen molar-refractivity contribution in [2.24, 2.45) is 5.92 Å². The van der Waals surface area contributed by atoms with E-state index in [0.717, 1.165) is 0 Å². The van der Waals surface area contributed by atoms with Crippen LogP contribution >= 0.6 is 0 Å². The quantitative estimate of drug-likeness (QED) is 0.667. The normalized spacial score (nSPS) is 30.8. The van der Waals surface area contributed by atoms with Crippen LogP contribution in [-0.2, 0) is 14.3 Å². The number of carbonyl (C=O) groups is 2. The maximum Gasteiger partial charge on any atom is 0.315 e. The van der Waals surface area contributed by atoms with E-state index >= 15 is 0 Å². The maximum absolute atomic E-state index is 11.7. The zero-order valence-corrected chi connectivity index (χ0v) is 10.8. The van der Waals surface area contributed by atoms with Crippen LogP contribution in [0.5, 0.6) is 0 Å². The van der Waals surface area contributed by atoms with Gasteiger partial charge in [-0.15, -0.1) is 0 Å². The second-order valence-electron chi connectivity index (χ2n) is 4.97. The highest BCUT2D eigenvalue weighted by atomic mass is 16.6. The average molecular weight is 272 g/mol. The molecular weight excluding hydrogens is 252 g/mol. The van der Waals surface area contributed by atoms with E-state index in [1.54, 1.807) is 0 Å². The second kappa shape index (κ2) is 6.72. The molecule has 0 aromatic carbocycles. The van der Waals surface area contributed by atoms with Crippen LogP contribution in [0.15, 0.2) is 0 Å². The minimum Gasteiger partial charge on any atom is -0.481 e. The number of urea groups is 1. The Morgan fingerprint density at radius 1 is 1.26 bits per heavy atom. The summed E-state index contributed by atoms with van der Waals surface area (Å²) in [4.78, 5) is 22.5. The van der Waals surface area contributed by atoms with Gasteiger partial charge in [0.2, 0.25) is 0 Å². The van der Waals surface area contributed by atoms with Crippen LogP contribution in [0.1, 0.15) is 19.3 Å². The molecule has 3 unspecified atom stereocenters. The summed E-state index contributed by atoms with van der Waals surface area (Å²) in [6.45, 7) is 2.05. The van der Waals surface area contributed by atoms with E-state index in [-0.39, 0.29) is 24.1 Å². The van der Waals surface area contributed by atoms with Gasteiger partial charge in [0, 0.05) is 12.6 Å². The van der Waals surface area contributed by atoms with Gasteiger partial charge in [-0.3, -0.25) is 4.79 Å². The molecule has 0 aromatic heterocycles. The molecular formula is C12H20N2O5. The van der Waals surface area contributed by atoms with Crippen molar-refractivity contribution in [3.63, 3.8) is 0 Å². The van der Waals surface area contributed by atoms with Crippen molar-refractivity contribution in [2.45, 2.75) is 31.4 Å². The van der Waals surface area contributed by atoms with Gasteiger partial charge in [-0.2, -0.15) is 0 Å². The van der Waals surface area contributed by atoms with Crippen LogP contribution in [-0.4, -0.2) is 55.6 Å². The lowest BCUT2D eigenvalue weighted by atomic mass is 10.1. The molecule has 7 nitrogen and oxygen atoms in total. The van der Waals surface area contributed by atoms with Crippen molar-refractivity contribution in [2.75, 3.05) is 26.4 Å². The number of aliphatic carboxylic acids is 1. The van der Waals surface area contributed by atoms with E-state index in [4.69, 9.17) is 14.6 Å². The van der Waals surface area contributed by atoms with Crippen LogP contribution in [0.25, 0.3) is 0 Å². The summed E-state index contributed by atoms with van der Waals surface area (Å²) in [5, 5.41) is 14.4. The lowest BCUT2D eigenvalue weighted by molar-refractivity contribution is -0.141. The Morgan fingerprint density at radius 2 is 2.11 bits per heavy atom. The molecule has 2 aliphatic rings. The number of hydrogen-bond donors (Lipinski definition) is 3. The number of amides is 2. The Bertz CT molecular complexity index is 330. The predicted molar refractivity (Wildman–Crippen MR) is 65.9 cm³/mol. The summed E-state index contributed by atoms with van der Waals surface area (Å²) < 4.78 is 10.6. The molecule has 1 aliphatic carbocycles. The number of carboxylic acid groups (broad SMARTS) is 1. The Hall–Kier alpha value is -1.34. The fraction of sp³-hybridized carbons (Fsp3) is 0.833. The molecule has 1 heterocycles. The van der Waals surface area contributed by atoms with Gasteiger partial charge in [-0.05, 0) is 19.3 Å². The fourth-order valence-corrected chi connectivity index (χ4v) is 2.43. The highest BCUT2D eigenvalue weighted by molar-refractivity contribution is 5.75. The van der Waals surface area contributed by atoms with Gasteiger partial charge in [0.25, 0.3) is 0 Å². The van der Waals surface area contributed by atoms with E-state index < -0.39 is 5.97 Å². The topological polar surface area (TPSA) is 96.9 Å². The first kappa shape index (κ1) is 14.1. The van der Waals surface area contributed by atoms with Gasteiger partial charge in [0.05, 0.1) is 31.8 Å². The molecule has 108 valence electrons. The molecule has 7 heteroatoms. The molecule has 0 bridgehead atoms. The van der Waals surface area contributed by atoms with Crippen LogP contribution < -0.4 is 10.6 Å². The van der Waals surface area contributed by atoms with Gasteiger partial charge in [-0.25, -0.2) is 4.79 Å². The van der Waals surface area contributed by atoms with E-state index in [1.807, 2.05) is 0 Å². The van der Waals surface area contributed by atoms with Crippen LogP contribution in [0.3, 0.4) is 0 Å². The molecule has 19 heavy (non-hydrogen) atoms. The third-order valence-electron chi connectivity index (χ3n) is 3.49. The Balaban J connectivity index is 1.63. The molecule has 0 spiro atoms. The third kappa shape index (κ3) is 4.36. The molecule has 0 radical (unpaired) electrons. The molecule has 3 N–H and O–H groups in total. The first-order chi connectivity index (χ1) is 9.15. The summed E-state index contributed by atoms with van der Waals surface area (Å²) in [5.74, 6) is -1.11. The average Bonchev–Trinajstić information content (AvgIpc) is 2.86. The molecule has 2 amide bonds. The van der Waals surface area contributed by atoms with E-state index in [1.165, 1.54) is 0 Å². The molecule has 2 rings (SSSR count). The Kier molecular flexibility index (Phi) is 4.98. The largest absolute Gasteiger partial charge is 0.481 e. The number of carbonyl (C=O) groups excluding carboxylic acids is 1. The standard InChI is InChI=1S/C12H20N2O5/c15-11(16)8-1-2-9(5-8)14-12(17)13-6-10-7-18-3-4-19-10/h8-10H,1-7H2,(H,15,16)(H2,13,14,17). The minimum atomic E-state index is -0.780. The molecule has 0 aromatic rings. The Morgan fingerprint density at radius 3 is 2.74 bits per heavy atom. The summed E-state index contributed by atoms with van der Waals surface area (Å²) in [7, 11) is 0. The highest BCUT2D eigenvalue weighted by Gasteiger charge is 2.30. The van der Waals surface area contributed by atoms with Gasteiger partial charge >= 0.3 is 12.0 Å². The third-order valence-corrected chi connectivity index (χ3v) is 3.49. The minimum absolute atomic E-state index is 0.0513. The molecule has 1 saturated heterocycles. The van der Waals surface area contributed by atoms with Crippen molar-refractivity contribution in [3.05, 3.63) is 0 Å². The first-order valence-electron chi connectivity index (χ1n) is 6.61. The van der Waals surface area contributed by atoms with Crippen molar-refractivity contribution in [1.82, 2.24) is 10.6 Å². The molecule has 1 saturated carbocycles. The molecule has 2 fully saturated rings. The summed E-state index contributed by atoms with van der Waals surface area (Å²) in [6, 6.07) is -0.324. The predicted octanol–water partition coefficient (Wildman–Crippen LogP) is -0.0457. The van der Waals surface area contributed by atoms with Gasteiger partial charge in [-0.1, -0.05) is 0 Å². The molecule has 3 atom stereocenters. The van der Waals surface area contributed by atoms with Crippen LogP contribution in [0.2, 0.25) is 0 Å². The van der Waals surface area contributed by atoms with Gasteiger partial charge < -0.3 is 25.2 Å². The van der Waals surface area contributed by atoms with E-state index in [9.17, 15) is 9.59 Å². The zero-order chi connectivity index (χ0) is 13.7. The zero-order valence-electron chi connectivity index (χ0n) is 10.8. The van der Waals surface area contributed by atoms with Crippen molar-refractivity contribution < 1.29 is 24.2 Å². The number of carboxylic acids is 1. The van der Waals surface area contributed by atoms with Gasteiger partial charge in [0.1, 0.15) is 0 Å². The summed E-state index contributed by atoms with van der Waals surface area (Å²) in [5.41, 5.74) is 0. The summed E-state index contributed by atoms with van der Waals surface area (Å²) in [6.07, 6.45) is 1.74. The number of hydrogen-bond acceptors (Lipinski definition) is 4. The fourth-order valence-electron chi connectivity index (χ4n) is 2.43. The highest BCUT2D eigenvalue weighted by Crippen LogP contribution is 2.25. The lowest BCUT2D eigenvalue weighted by Gasteiger charge is -2.23. The number of nitrogens with one attached hydrogen (secondary N) is 2. The SMILES string of the molecule is O=C(NCC1COCCO1)NC1CCC(C(=O)O)C1. The van der Waals surface area contributed by atoms with E-state index in [0.29, 0.717) is 45.6 Å². The number of rotatable bonds is 4. The van der Waals surface area contributed by atoms with Crippen LogP contribution in [0, 0.1) is 5.92 Å². The van der Waals surface area contributed by atoms with Gasteiger partial charge in [0.15, 0.2) is 0 Å². The Labute approximate surface area is 111 Å². The van der Waals surface area contributed by atoms with Crippen molar-refractivity contribution in [1.29, 1.82) is 0 Å². The summed E-state index contributed by atoms with van der Waals surface area (Å²) >= 11 is 0. The number of ether oxygens (including phenoxy) is 2. The second-order valence-corrected chi connectivity index (χ2v) is 4.97.